The van der Waals surface area contributed by atoms with E-state index >= 15 is 0 Å². The maximum absolute atomic E-state index is 13.5. The van der Waals surface area contributed by atoms with E-state index in [0.717, 1.165) is 24.8 Å². The molecule has 1 N–H and O–H groups in total. The van der Waals surface area contributed by atoms with Gasteiger partial charge in [-0.1, -0.05) is 48.5 Å². The number of benzene rings is 2. The highest BCUT2D eigenvalue weighted by Gasteiger charge is 2.50. The number of amides is 1. The van der Waals surface area contributed by atoms with Crippen LogP contribution in [0.4, 0.5) is 4.79 Å². The molecule has 2 bridgehead atoms. The third-order valence-electron chi connectivity index (χ3n) is 8.34. The van der Waals surface area contributed by atoms with Crippen molar-refractivity contribution in [1.29, 1.82) is 0 Å². The molecule has 2 unspecified atom stereocenters. The van der Waals surface area contributed by atoms with Crippen molar-refractivity contribution >= 4 is 11.7 Å². The van der Waals surface area contributed by atoms with Crippen LogP contribution in [-0.2, 0) is 10.3 Å². The third kappa shape index (κ3) is 3.26. The summed E-state index contributed by atoms with van der Waals surface area (Å²) in [6.45, 7) is 0.311. The molecule has 2 aromatic carbocycles. The number of fused-ring (bicyclic) bond motifs is 6. The SMILES string of the molecule is O=C(OCC1c2ccccc2-c2ccccc21)N1C2CCCC1CC(O)(c1cnn3cccnc13)C2. The average Bonchev–Trinajstić information content (AvgIpc) is 3.47. The fourth-order valence-corrected chi connectivity index (χ4v) is 6.77. The zero-order valence-electron chi connectivity index (χ0n) is 20.0. The summed E-state index contributed by atoms with van der Waals surface area (Å²) in [6, 6.07) is 18.4. The molecule has 7 heteroatoms. The Hall–Kier alpha value is -3.71. The van der Waals surface area contributed by atoms with Gasteiger partial charge in [0.1, 0.15) is 6.61 Å². The van der Waals surface area contributed by atoms with Crippen molar-refractivity contribution in [3.05, 3.63) is 89.9 Å². The van der Waals surface area contributed by atoms with E-state index in [9.17, 15) is 9.90 Å². The molecule has 2 aliphatic heterocycles. The number of piperidine rings is 2. The van der Waals surface area contributed by atoms with Crippen LogP contribution in [0.25, 0.3) is 16.8 Å². The maximum atomic E-state index is 13.5. The van der Waals surface area contributed by atoms with Crippen LogP contribution in [0, 0.1) is 0 Å². The number of ether oxygens (including phenoxy) is 1. The second-order valence-corrected chi connectivity index (χ2v) is 10.3. The van der Waals surface area contributed by atoms with Gasteiger partial charge in [0.05, 0.1) is 11.8 Å². The molecule has 0 spiro atoms. The third-order valence-corrected chi connectivity index (χ3v) is 8.34. The summed E-state index contributed by atoms with van der Waals surface area (Å²) >= 11 is 0. The molecule has 7 nitrogen and oxygen atoms in total. The number of nitrogens with zero attached hydrogens (tertiary/aromatic N) is 4. The Balaban J connectivity index is 1.12. The van der Waals surface area contributed by atoms with Gasteiger partial charge < -0.3 is 14.7 Å². The molecule has 0 radical (unpaired) electrons. The minimum Gasteiger partial charge on any atom is -0.448 e. The molecule has 4 heterocycles. The molecular formula is C29H28N4O3. The van der Waals surface area contributed by atoms with Crippen molar-refractivity contribution in [1.82, 2.24) is 19.5 Å². The number of hydrogen-bond acceptors (Lipinski definition) is 5. The number of hydrogen-bond donors (Lipinski definition) is 1. The Labute approximate surface area is 209 Å². The summed E-state index contributed by atoms with van der Waals surface area (Å²) in [6.07, 6.45) is 8.69. The summed E-state index contributed by atoms with van der Waals surface area (Å²) in [4.78, 5) is 19.9. The van der Waals surface area contributed by atoms with Crippen molar-refractivity contribution in [3.63, 3.8) is 0 Å². The zero-order valence-corrected chi connectivity index (χ0v) is 20.0. The van der Waals surface area contributed by atoms with E-state index < -0.39 is 5.60 Å². The van der Waals surface area contributed by atoms with Gasteiger partial charge in [-0.05, 0) is 47.6 Å². The van der Waals surface area contributed by atoms with Crippen LogP contribution in [0.3, 0.4) is 0 Å². The molecule has 1 aliphatic carbocycles. The first-order valence-corrected chi connectivity index (χ1v) is 12.8. The first kappa shape index (κ1) is 21.6. The predicted octanol–water partition coefficient (Wildman–Crippen LogP) is 4.88. The molecule has 3 aliphatic rings. The van der Waals surface area contributed by atoms with Gasteiger partial charge in [0.15, 0.2) is 5.65 Å². The summed E-state index contributed by atoms with van der Waals surface area (Å²) in [5.41, 5.74) is 5.21. The van der Waals surface area contributed by atoms with Gasteiger partial charge in [-0.25, -0.2) is 14.3 Å². The van der Waals surface area contributed by atoms with Crippen molar-refractivity contribution < 1.29 is 14.6 Å². The minimum atomic E-state index is -1.06. The summed E-state index contributed by atoms with van der Waals surface area (Å²) in [5.74, 6) is 0.0350. The Kier molecular flexibility index (Phi) is 4.89. The summed E-state index contributed by atoms with van der Waals surface area (Å²) in [7, 11) is 0. The number of aliphatic hydroxyl groups is 1. The van der Waals surface area contributed by atoms with Crippen molar-refractivity contribution in [2.75, 3.05) is 6.61 Å². The fraction of sp³-hybridized carbons (Fsp3) is 0.345. The van der Waals surface area contributed by atoms with Crippen molar-refractivity contribution in [3.8, 4) is 11.1 Å². The molecule has 7 rings (SSSR count). The minimum absolute atomic E-state index is 0.0350. The van der Waals surface area contributed by atoms with Crippen LogP contribution in [0.15, 0.2) is 73.2 Å². The molecule has 0 saturated carbocycles. The van der Waals surface area contributed by atoms with Gasteiger partial charge in [-0.2, -0.15) is 5.10 Å². The van der Waals surface area contributed by atoms with Crippen LogP contribution in [-0.4, -0.2) is 49.4 Å². The Morgan fingerprint density at radius 2 is 1.67 bits per heavy atom. The van der Waals surface area contributed by atoms with E-state index in [1.54, 1.807) is 16.9 Å². The number of rotatable bonds is 3. The predicted molar refractivity (Wildman–Crippen MR) is 134 cm³/mol. The number of carbonyl (C=O) groups excluding carboxylic acids is 1. The van der Waals surface area contributed by atoms with Gasteiger partial charge in [-0.3, -0.25) is 0 Å². The topological polar surface area (TPSA) is 80.0 Å². The maximum Gasteiger partial charge on any atom is 0.410 e. The first-order valence-electron chi connectivity index (χ1n) is 12.8. The molecule has 2 fully saturated rings. The van der Waals surface area contributed by atoms with Gasteiger partial charge in [0, 0.05) is 48.8 Å². The van der Waals surface area contributed by atoms with E-state index in [-0.39, 0.29) is 24.1 Å². The van der Waals surface area contributed by atoms with Crippen LogP contribution in [0.2, 0.25) is 0 Å². The molecule has 2 saturated heterocycles. The molecule has 2 atom stereocenters. The Morgan fingerprint density at radius 3 is 2.36 bits per heavy atom. The highest BCUT2D eigenvalue weighted by atomic mass is 16.6. The van der Waals surface area contributed by atoms with Gasteiger partial charge in [-0.15, -0.1) is 0 Å². The second-order valence-electron chi connectivity index (χ2n) is 10.3. The van der Waals surface area contributed by atoms with Crippen LogP contribution in [0.1, 0.15) is 54.7 Å². The van der Waals surface area contributed by atoms with Gasteiger partial charge in [0.2, 0.25) is 0 Å². The first-order chi connectivity index (χ1) is 17.6. The lowest BCUT2D eigenvalue weighted by Crippen LogP contribution is -2.59. The monoisotopic (exact) mass is 480 g/mol. The van der Waals surface area contributed by atoms with Crippen molar-refractivity contribution in [2.45, 2.75) is 55.7 Å². The Morgan fingerprint density at radius 1 is 1.00 bits per heavy atom. The van der Waals surface area contributed by atoms with E-state index in [1.165, 1.54) is 22.3 Å². The zero-order chi connectivity index (χ0) is 24.3. The van der Waals surface area contributed by atoms with Crippen molar-refractivity contribution in [2.24, 2.45) is 0 Å². The van der Waals surface area contributed by atoms with E-state index in [0.29, 0.717) is 25.1 Å². The molecule has 36 heavy (non-hydrogen) atoms. The largest absolute Gasteiger partial charge is 0.448 e. The lowest BCUT2D eigenvalue weighted by atomic mass is 9.73. The van der Waals surface area contributed by atoms with Gasteiger partial charge >= 0.3 is 6.09 Å². The van der Waals surface area contributed by atoms with E-state index in [1.807, 2.05) is 29.3 Å². The van der Waals surface area contributed by atoms with E-state index in [2.05, 4.69) is 46.5 Å². The number of aromatic nitrogens is 3. The molecule has 2 aromatic heterocycles. The normalized spacial score (nSPS) is 25.0. The summed E-state index contributed by atoms with van der Waals surface area (Å²) in [5, 5.41) is 16.2. The molecule has 1 amide bonds. The van der Waals surface area contributed by atoms with E-state index in [4.69, 9.17) is 4.74 Å². The molecule has 182 valence electrons. The highest BCUT2D eigenvalue weighted by molar-refractivity contribution is 5.79. The lowest BCUT2D eigenvalue weighted by molar-refractivity contribution is -0.0884. The van der Waals surface area contributed by atoms with Gasteiger partial charge in [0.25, 0.3) is 0 Å². The number of carbonyl (C=O) groups is 1. The Bertz CT molecular complexity index is 1400. The highest BCUT2D eigenvalue weighted by Crippen LogP contribution is 2.47. The quantitative estimate of drug-likeness (QED) is 0.452. The van der Waals surface area contributed by atoms with Crippen LogP contribution < -0.4 is 0 Å². The lowest BCUT2D eigenvalue weighted by Gasteiger charge is -2.51. The summed E-state index contributed by atoms with van der Waals surface area (Å²) < 4.78 is 7.72. The second kappa shape index (κ2) is 8.17. The molecular weight excluding hydrogens is 452 g/mol. The van der Waals surface area contributed by atoms with Crippen LogP contribution >= 0.6 is 0 Å². The smallest absolute Gasteiger partial charge is 0.410 e. The van der Waals surface area contributed by atoms with Crippen LogP contribution in [0.5, 0.6) is 0 Å². The standard InChI is InChI=1S/C29H28N4O3/c34-28(36-18-25-23-11-3-1-9-21(23)22-10-2-4-12-24(22)25)33-19-7-5-8-20(33)16-29(35,15-19)26-17-31-32-14-6-13-30-27(26)32/h1-4,6,9-14,17,19-20,25,35H,5,7-8,15-16,18H2. The fourth-order valence-electron chi connectivity index (χ4n) is 6.77. The molecule has 4 aromatic rings. The average molecular weight is 481 g/mol.